The number of rotatable bonds is 8. The second-order valence-corrected chi connectivity index (χ2v) is 7.65. The quantitative estimate of drug-likeness (QED) is 0.477. The minimum atomic E-state index is -0.970. The van der Waals surface area contributed by atoms with E-state index in [1.54, 1.807) is 26.0 Å². The highest BCUT2D eigenvalue weighted by Crippen LogP contribution is 2.32. The molecule has 10 heteroatoms. The first-order valence-corrected chi connectivity index (χ1v) is 9.67. The fraction of sp³-hybridized carbons (Fsp3) is 0.500. The molecule has 0 aliphatic carbocycles. The zero-order chi connectivity index (χ0) is 21.9. The van der Waals surface area contributed by atoms with E-state index in [2.05, 4.69) is 10.6 Å². The summed E-state index contributed by atoms with van der Waals surface area (Å²) in [7, 11) is 0. The van der Waals surface area contributed by atoms with E-state index in [9.17, 15) is 19.2 Å². The summed E-state index contributed by atoms with van der Waals surface area (Å²) in [6.07, 6.45) is -0.737. The van der Waals surface area contributed by atoms with Gasteiger partial charge in [0.05, 0.1) is 0 Å². The summed E-state index contributed by atoms with van der Waals surface area (Å²) in [5, 5.41) is 5.27. The van der Waals surface area contributed by atoms with Crippen molar-refractivity contribution in [2.45, 2.75) is 51.8 Å². The number of hydrogen-bond donors (Lipinski definition) is 2. The molecular formula is C20H25N3O7. The van der Waals surface area contributed by atoms with Crippen LogP contribution in [0.3, 0.4) is 0 Å². The van der Waals surface area contributed by atoms with E-state index >= 15 is 0 Å². The Kier molecular flexibility index (Phi) is 6.14. The fourth-order valence-electron chi connectivity index (χ4n) is 3.10. The molecule has 0 aromatic heterocycles. The summed E-state index contributed by atoms with van der Waals surface area (Å²) in [6, 6.07) is 4.87. The summed E-state index contributed by atoms with van der Waals surface area (Å²) >= 11 is 0. The van der Waals surface area contributed by atoms with Crippen LogP contribution in [0.15, 0.2) is 18.2 Å². The number of carbonyl (C=O) groups is 4. The molecule has 2 aliphatic rings. The lowest BCUT2D eigenvalue weighted by molar-refractivity contribution is -0.155. The molecule has 3 rings (SSSR count). The molecule has 0 saturated carbocycles. The van der Waals surface area contributed by atoms with Crippen molar-refractivity contribution >= 4 is 23.8 Å². The lowest BCUT2D eigenvalue weighted by Gasteiger charge is -2.16. The van der Waals surface area contributed by atoms with Crippen LogP contribution in [0.2, 0.25) is 0 Å². The largest absolute Gasteiger partial charge is 0.454 e. The van der Waals surface area contributed by atoms with Gasteiger partial charge in [-0.1, -0.05) is 6.07 Å². The lowest BCUT2D eigenvalue weighted by Crippen LogP contribution is -2.40. The number of hydrogen-bond acceptors (Lipinski definition) is 7. The Hall–Kier alpha value is -3.30. The van der Waals surface area contributed by atoms with Crippen LogP contribution >= 0.6 is 0 Å². The van der Waals surface area contributed by atoms with E-state index in [0.29, 0.717) is 11.5 Å². The van der Waals surface area contributed by atoms with E-state index in [4.69, 9.17) is 14.2 Å². The minimum Gasteiger partial charge on any atom is -0.454 e. The highest BCUT2D eigenvalue weighted by Gasteiger charge is 2.43. The maximum absolute atomic E-state index is 12.2. The third-order valence-electron chi connectivity index (χ3n) is 4.79. The summed E-state index contributed by atoms with van der Waals surface area (Å²) in [5.41, 5.74) is -0.120. The predicted molar refractivity (Wildman–Crippen MR) is 104 cm³/mol. The molecule has 2 heterocycles. The van der Waals surface area contributed by atoms with E-state index in [1.165, 1.54) is 6.92 Å². The number of amides is 4. The molecular weight excluding hydrogens is 394 g/mol. The van der Waals surface area contributed by atoms with Gasteiger partial charge in [-0.05, 0) is 44.9 Å². The second-order valence-electron chi connectivity index (χ2n) is 7.65. The van der Waals surface area contributed by atoms with Gasteiger partial charge in [-0.2, -0.15) is 0 Å². The van der Waals surface area contributed by atoms with Crippen molar-refractivity contribution in [2.24, 2.45) is 0 Å². The Morgan fingerprint density at radius 3 is 2.70 bits per heavy atom. The number of nitrogens with one attached hydrogen (secondary N) is 2. The Morgan fingerprint density at radius 1 is 1.27 bits per heavy atom. The van der Waals surface area contributed by atoms with E-state index in [0.717, 1.165) is 10.5 Å². The molecule has 4 amide bonds. The van der Waals surface area contributed by atoms with Crippen LogP contribution in [-0.4, -0.2) is 53.7 Å². The lowest BCUT2D eigenvalue weighted by atomic mass is 10.1. The molecule has 1 saturated heterocycles. The summed E-state index contributed by atoms with van der Waals surface area (Å²) in [4.78, 5) is 49.1. The zero-order valence-electron chi connectivity index (χ0n) is 17.1. The van der Waals surface area contributed by atoms with Crippen molar-refractivity contribution < 1.29 is 33.4 Å². The normalized spacial score (nSPS) is 17.5. The molecule has 0 unspecified atom stereocenters. The first-order chi connectivity index (χ1) is 14.2. The SMILES string of the molecule is C[C@@H](OC(=O)CCCN1C(=O)NC(C)(C)C1=O)C(=O)NCc1ccc2c(c1)OCO2. The van der Waals surface area contributed by atoms with E-state index < -0.39 is 29.6 Å². The van der Waals surface area contributed by atoms with Crippen molar-refractivity contribution in [1.82, 2.24) is 15.5 Å². The van der Waals surface area contributed by atoms with Crippen molar-refractivity contribution in [3.63, 3.8) is 0 Å². The van der Waals surface area contributed by atoms with Gasteiger partial charge in [-0.15, -0.1) is 0 Å². The van der Waals surface area contributed by atoms with Gasteiger partial charge in [0.15, 0.2) is 17.6 Å². The molecule has 1 aromatic carbocycles. The van der Waals surface area contributed by atoms with Crippen molar-refractivity contribution in [2.75, 3.05) is 13.3 Å². The fourth-order valence-corrected chi connectivity index (χ4v) is 3.10. The summed E-state index contributed by atoms with van der Waals surface area (Å²) < 4.78 is 15.7. The molecule has 0 radical (unpaired) electrons. The first-order valence-electron chi connectivity index (χ1n) is 9.67. The number of imide groups is 1. The second kappa shape index (κ2) is 8.60. The number of benzene rings is 1. The van der Waals surface area contributed by atoms with Gasteiger partial charge in [0.25, 0.3) is 11.8 Å². The number of nitrogens with zero attached hydrogens (tertiary/aromatic N) is 1. The van der Waals surface area contributed by atoms with Crippen LogP contribution in [0.4, 0.5) is 4.79 Å². The molecule has 0 bridgehead atoms. The van der Waals surface area contributed by atoms with Crippen molar-refractivity contribution in [3.05, 3.63) is 23.8 Å². The number of carbonyl (C=O) groups excluding carboxylic acids is 4. The monoisotopic (exact) mass is 419 g/mol. The molecule has 2 N–H and O–H groups in total. The van der Waals surface area contributed by atoms with Gasteiger partial charge >= 0.3 is 12.0 Å². The average Bonchev–Trinajstić information content (AvgIpc) is 3.22. The minimum absolute atomic E-state index is 0.0166. The van der Waals surface area contributed by atoms with Crippen LogP contribution in [0.1, 0.15) is 39.2 Å². The van der Waals surface area contributed by atoms with Crippen LogP contribution < -0.4 is 20.1 Å². The van der Waals surface area contributed by atoms with Gasteiger partial charge in [-0.25, -0.2) is 4.79 Å². The zero-order valence-corrected chi connectivity index (χ0v) is 17.1. The van der Waals surface area contributed by atoms with Crippen molar-refractivity contribution in [1.29, 1.82) is 0 Å². The number of esters is 1. The Balaban J connectivity index is 1.38. The van der Waals surface area contributed by atoms with Gasteiger partial charge < -0.3 is 24.8 Å². The van der Waals surface area contributed by atoms with Gasteiger partial charge in [0, 0.05) is 19.5 Å². The van der Waals surface area contributed by atoms with Crippen LogP contribution in [0.5, 0.6) is 11.5 Å². The third-order valence-corrected chi connectivity index (χ3v) is 4.79. The highest BCUT2D eigenvalue weighted by molar-refractivity contribution is 6.06. The maximum Gasteiger partial charge on any atom is 0.325 e. The smallest absolute Gasteiger partial charge is 0.325 e. The van der Waals surface area contributed by atoms with E-state index in [-0.39, 0.29) is 38.6 Å². The molecule has 30 heavy (non-hydrogen) atoms. The van der Waals surface area contributed by atoms with Crippen LogP contribution in [0, 0.1) is 0 Å². The molecule has 1 fully saturated rings. The molecule has 2 aliphatic heterocycles. The third kappa shape index (κ3) is 4.81. The Morgan fingerprint density at radius 2 is 2.00 bits per heavy atom. The number of ether oxygens (including phenoxy) is 3. The first kappa shape index (κ1) is 21.4. The molecule has 162 valence electrons. The summed E-state index contributed by atoms with van der Waals surface area (Å²) in [5.74, 6) is -0.0696. The average molecular weight is 419 g/mol. The standard InChI is InChI=1S/C20H25N3O7/c1-12(17(25)21-10-13-6-7-14-15(9-13)29-11-28-14)30-16(24)5-4-8-23-18(26)20(2,3)22-19(23)27/h6-7,9,12H,4-5,8,10-11H2,1-3H3,(H,21,25)(H,22,27)/t12-/m1/s1. The van der Waals surface area contributed by atoms with Gasteiger partial charge in [0.1, 0.15) is 5.54 Å². The molecule has 0 spiro atoms. The van der Waals surface area contributed by atoms with Crippen LogP contribution in [0.25, 0.3) is 0 Å². The Bertz CT molecular complexity index is 868. The van der Waals surface area contributed by atoms with Crippen LogP contribution in [-0.2, 0) is 25.7 Å². The van der Waals surface area contributed by atoms with Gasteiger partial charge in [-0.3, -0.25) is 19.3 Å². The van der Waals surface area contributed by atoms with Gasteiger partial charge in [0.2, 0.25) is 6.79 Å². The molecule has 10 nitrogen and oxygen atoms in total. The number of urea groups is 1. The number of fused-ring (bicyclic) bond motifs is 1. The Labute approximate surface area is 173 Å². The molecule has 1 aromatic rings. The topological polar surface area (TPSA) is 123 Å². The summed E-state index contributed by atoms with van der Waals surface area (Å²) in [6.45, 7) is 5.24. The predicted octanol–water partition coefficient (Wildman–Crippen LogP) is 1.07. The highest BCUT2D eigenvalue weighted by atomic mass is 16.7. The van der Waals surface area contributed by atoms with Crippen molar-refractivity contribution in [3.8, 4) is 11.5 Å². The van der Waals surface area contributed by atoms with E-state index in [1.807, 2.05) is 6.07 Å². The maximum atomic E-state index is 12.2. The molecule has 1 atom stereocenters.